The van der Waals surface area contributed by atoms with Crippen molar-refractivity contribution in [2.45, 2.75) is 76.5 Å². The first-order valence-electron chi connectivity index (χ1n) is 17.9. The van der Waals surface area contributed by atoms with Crippen LogP contribution in [0.1, 0.15) is 38.5 Å². The minimum absolute atomic E-state index is 0.0327. The van der Waals surface area contributed by atoms with Gasteiger partial charge in [-0.15, -0.1) is 26.3 Å². The number of pyridine rings is 1. The molecule has 0 amide bonds. The van der Waals surface area contributed by atoms with E-state index in [2.05, 4.69) is 14.5 Å². The summed E-state index contributed by atoms with van der Waals surface area (Å²) in [6.07, 6.45) is -3.69. The van der Waals surface area contributed by atoms with E-state index in [-0.39, 0.29) is 23.7 Å². The zero-order valence-corrected chi connectivity index (χ0v) is 29.6. The Morgan fingerprint density at radius 2 is 1.11 bits per heavy atom. The summed E-state index contributed by atoms with van der Waals surface area (Å²) in [4.78, 5) is 29.0. The van der Waals surface area contributed by atoms with E-state index in [1.54, 1.807) is 34.9 Å². The Morgan fingerprint density at radius 3 is 1.66 bits per heavy atom. The molecule has 6 aromatic rings. The van der Waals surface area contributed by atoms with E-state index in [4.69, 9.17) is 18.3 Å². The Bertz CT molecular complexity index is 2200. The van der Waals surface area contributed by atoms with Gasteiger partial charge in [0.15, 0.2) is 16.8 Å². The summed E-state index contributed by atoms with van der Waals surface area (Å²) in [6.45, 7) is 2.11. The third-order valence-corrected chi connectivity index (χ3v) is 9.31. The van der Waals surface area contributed by atoms with Crippen molar-refractivity contribution in [2.75, 3.05) is 13.2 Å². The topological polar surface area (TPSA) is 120 Å². The number of aromatic nitrogens is 3. The van der Waals surface area contributed by atoms with Crippen LogP contribution in [-0.4, -0.2) is 52.3 Å². The Hall–Kier alpha value is -5.55. The molecule has 3 aromatic heterocycles. The molecular weight excluding hydrogens is 752 g/mol. The van der Waals surface area contributed by atoms with Crippen molar-refractivity contribution in [1.82, 2.24) is 14.1 Å². The van der Waals surface area contributed by atoms with Crippen molar-refractivity contribution >= 4 is 22.3 Å². The molecular formula is C39H35F6N3O8. The van der Waals surface area contributed by atoms with Crippen LogP contribution in [0.15, 0.2) is 97.3 Å². The second-order valence-corrected chi connectivity index (χ2v) is 13.3. The molecule has 0 bridgehead atoms. The number of ether oxygens (including phenoxy) is 4. The van der Waals surface area contributed by atoms with Crippen molar-refractivity contribution in [1.29, 1.82) is 0 Å². The van der Waals surface area contributed by atoms with E-state index < -0.39 is 24.2 Å². The molecule has 0 aliphatic carbocycles. The van der Waals surface area contributed by atoms with Gasteiger partial charge in [-0.1, -0.05) is 18.2 Å². The van der Waals surface area contributed by atoms with Crippen LogP contribution in [-0.2, 0) is 22.6 Å². The first kappa shape index (κ1) is 38.7. The molecule has 2 aliphatic heterocycles. The second-order valence-electron chi connectivity index (χ2n) is 13.3. The Kier molecular flexibility index (Phi) is 11.3. The highest BCUT2D eigenvalue weighted by Gasteiger charge is 2.32. The molecule has 0 N–H and O–H groups in total. The van der Waals surface area contributed by atoms with Crippen molar-refractivity contribution in [3.8, 4) is 33.9 Å². The minimum Gasteiger partial charge on any atom is -0.408 e. The minimum atomic E-state index is -4.74. The van der Waals surface area contributed by atoms with Gasteiger partial charge in [-0.05, 0) is 110 Å². The lowest BCUT2D eigenvalue weighted by Gasteiger charge is -2.22. The lowest BCUT2D eigenvalue weighted by atomic mass is 10.0. The van der Waals surface area contributed by atoms with E-state index in [1.807, 2.05) is 0 Å². The molecule has 0 saturated carbocycles. The zero-order valence-electron chi connectivity index (χ0n) is 29.6. The van der Waals surface area contributed by atoms with Gasteiger partial charge < -0.3 is 27.8 Å². The van der Waals surface area contributed by atoms with Gasteiger partial charge in [-0.25, -0.2) is 14.6 Å². The molecule has 11 nitrogen and oxygen atoms in total. The fourth-order valence-electron chi connectivity index (χ4n) is 6.67. The van der Waals surface area contributed by atoms with E-state index in [1.165, 1.54) is 53.1 Å². The van der Waals surface area contributed by atoms with Crippen molar-refractivity contribution in [3.63, 3.8) is 0 Å². The van der Waals surface area contributed by atoms with E-state index in [0.29, 0.717) is 65.5 Å². The molecule has 2 aliphatic rings. The lowest BCUT2D eigenvalue weighted by Crippen LogP contribution is -2.28. The average Bonchev–Trinajstić information content (AvgIpc) is 3.65. The molecule has 2 fully saturated rings. The number of halogens is 6. The molecule has 3 aromatic carbocycles. The van der Waals surface area contributed by atoms with Gasteiger partial charge in [0, 0.05) is 18.8 Å². The quantitative estimate of drug-likeness (QED) is 0.139. The standard InChI is InChI=1S/C20H18F3NO4.C19H17F3N2O4/c21-20(22,23)28-15-7-4-13(5-8-15)14-6-9-18-17(11-14)24(19(25)27-18)12-16-3-1-2-10-26-16;20-19(21,22)28-13-6-4-12(5-7-13)15-8-9-16-17(23-15)24(18(25)27-16)11-14-3-1-2-10-26-14/h4-9,11,16H,1-3,10,12H2;4-9,14H,1-3,10-11H2/t;14-/m.0/s1. The largest absolute Gasteiger partial charge is 0.573 e. The number of hydrogen-bond donors (Lipinski definition) is 0. The van der Waals surface area contributed by atoms with E-state index in [0.717, 1.165) is 44.1 Å². The van der Waals surface area contributed by atoms with Crippen molar-refractivity contribution < 1.29 is 54.1 Å². The smallest absolute Gasteiger partial charge is 0.408 e. The maximum Gasteiger partial charge on any atom is 0.573 e. The number of rotatable bonds is 8. The molecule has 296 valence electrons. The molecule has 1 unspecified atom stereocenters. The molecule has 56 heavy (non-hydrogen) atoms. The van der Waals surface area contributed by atoms with Gasteiger partial charge in [-0.3, -0.25) is 9.13 Å². The van der Waals surface area contributed by atoms with Gasteiger partial charge in [-0.2, -0.15) is 0 Å². The third-order valence-electron chi connectivity index (χ3n) is 9.31. The average molecular weight is 788 g/mol. The predicted octanol–water partition coefficient (Wildman–Crippen LogP) is 8.85. The highest BCUT2D eigenvalue weighted by molar-refractivity contribution is 5.81. The van der Waals surface area contributed by atoms with E-state index in [9.17, 15) is 35.9 Å². The second kappa shape index (κ2) is 16.3. The van der Waals surface area contributed by atoms with Gasteiger partial charge in [0.1, 0.15) is 11.5 Å². The van der Waals surface area contributed by atoms with Gasteiger partial charge in [0.25, 0.3) is 0 Å². The van der Waals surface area contributed by atoms with Gasteiger partial charge >= 0.3 is 24.2 Å². The highest BCUT2D eigenvalue weighted by Crippen LogP contribution is 2.30. The van der Waals surface area contributed by atoms with Gasteiger partial charge in [0.05, 0.1) is 36.5 Å². The molecule has 8 rings (SSSR count). The Labute approximate surface area is 314 Å². The number of oxazole rings is 2. The molecule has 5 heterocycles. The van der Waals surface area contributed by atoms with Crippen LogP contribution in [0.25, 0.3) is 44.7 Å². The molecule has 0 radical (unpaired) electrons. The third kappa shape index (κ3) is 9.63. The summed E-state index contributed by atoms with van der Waals surface area (Å²) < 4.78 is 107. The summed E-state index contributed by atoms with van der Waals surface area (Å²) in [5.41, 5.74) is 4.37. The fourth-order valence-corrected chi connectivity index (χ4v) is 6.67. The normalized spacial score (nSPS) is 17.8. The predicted molar refractivity (Wildman–Crippen MR) is 190 cm³/mol. The Balaban J connectivity index is 0.000000172. The van der Waals surface area contributed by atoms with Crippen LogP contribution in [0.5, 0.6) is 11.5 Å². The number of nitrogens with zero attached hydrogens (tertiary/aromatic N) is 3. The lowest BCUT2D eigenvalue weighted by molar-refractivity contribution is -0.275. The van der Waals surface area contributed by atoms with Crippen LogP contribution in [0, 0.1) is 0 Å². The van der Waals surface area contributed by atoms with Crippen LogP contribution < -0.4 is 21.0 Å². The summed E-state index contributed by atoms with van der Waals surface area (Å²) >= 11 is 0. The van der Waals surface area contributed by atoms with Crippen LogP contribution in [0.2, 0.25) is 0 Å². The number of alkyl halides is 6. The Morgan fingerprint density at radius 1 is 0.607 bits per heavy atom. The maximum atomic E-state index is 12.3. The first-order valence-corrected chi connectivity index (χ1v) is 17.9. The summed E-state index contributed by atoms with van der Waals surface area (Å²) in [5.74, 6) is -1.56. The van der Waals surface area contributed by atoms with Crippen LogP contribution in [0.3, 0.4) is 0 Å². The zero-order chi connectivity index (χ0) is 39.5. The van der Waals surface area contributed by atoms with Crippen LogP contribution in [0.4, 0.5) is 26.3 Å². The number of benzene rings is 3. The van der Waals surface area contributed by atoms with E-state index >= 15 is 0 Å². The molecule has 2 saturated heterocycles. The van der Waals surface area contributed by atoms with Crippen molar-refractivity contribution in [2.24, 2.45) is 0 Å². The van der Waals surface area contributed by atoms with Crippen molar-refractivity contribution in [3.05, 3.63) is 100.0 Å². The number of hydrogen-bond acceptors (Lipinski definition) is 9. The number of fused-ring (bicyclic) bond motifs is 2. The maximum absolute atomic E-state index is 12.3. The van der Waals surface area contributed by atoms with Gasteiger partial charge in [0.2, 0.25) is 0 Å². The SMILES string of the molecule is O=c1oc2ccc(-c3ccc(OC(F)(F)F)cc3)cc2n1CC1CCCCO1.O=c1oc2ccc(-c3ccc(OC(F)(F)F)cc3)nc2n1C[C@@H]1CCCCO1. The molecule has 0 spiro atoms. The molecule has 2 atom stereocenters. The monoisotopic (exact) mass is 787 g/mol. The summed E-state index contributed by atoms with van der Waals surface area (Å²) in [7, 11) is 0. The highest BCUT2D eigenvalue weighted by atomic mass is 19.4. The summed E-state index contributed by atoms with van der Waals surface area (Å²) in [5, 5.41) is 0. The molecule has 17 heteroatoms. The fraction of sp³-hybridized carbons (Fsp3) is 0.359. The first-order chi connectivity index (χ1) is 26.8. The summed E-state index contributed by atoms with van der Waals surface area (Å²) in [6, 6.07) is 19.5. The van der Waals surface area contributed by atoms with Crippen LogP contribution >= 0.6 is 0 Å².